The first kappa shape index (κ1) is 19.9. The molecule has 1 aromatic heterocycles. The van der Waals surface area contributed by atoms with Gasteiger partial charge in [0.25, 0.3) is 5.91 Å². The number of pyridine rings is 1. The smallest absolute Gasteiger partial charge is 0.265 e. The van der Waals surface area contributed by atoms with E-state index in [1.54, 1.807) is 17.3 Å². The van der Waals surface area contributed by atoms with Crippen molar-refractivity contribution in [3.63, 3.8) is 0 Å². The van der Waals surface area contributed by atoms with Gasteiger partial charge in [-0.1, -0.05) is 59.8 Å². The van der Waals surface area contributed by atoms with Crippen LogP contribution in [0.5, 0.6) is 0 Å². The molecule has 2 heterocycles. The second-order valence-corrected chi connectivity index (χ2v) is 8.10. The van der Waals surface area contributed by atoms with Gasteiger partial charge in [-0.2, -0.15) is 0 Å². The number of aryl methyl sites for hydroxylation is 1. The number of nitrogens with one attached hydrogen (secondary N) is 1. The first-order valence-corrected chi connectivity index (χ1v) is 10.4. The van der Waals surface area contributed by atoms with Crippen molar-refractivity contribution >= 4 is 35.3 Å². The fourth-order valence-corrected chi connectivity index (χ4v) is 4.19. The molecule has 1 aliphatic heterocycles. The summed E-state index contributed by atoms with van der Waals surface area (Å²) >= 11 is 1.44. The maximum absolute atomic E-state index is 13.2. The van der Waals surface area contributed by atoms with Crippen molar-refractivity contribution in [2.45, 2.75) is 18.4 Å². The van der Waals surface area contributed by atoms with E-state index in [1.165, 1.54) is 11.8 Å². The molecule has 1 aliphatic rings. The molecule has 0 unspecified atom stereocenters. The normalized spacial score (nSPS) is 14.5. The van der Waals surface area contributed by atoms with E-state index >= 15 is 0 Å². The van der Waals surface area contributed by atoms with Crippen molar-refractivity contribution in [3.8, 4) is 0 Å². The van der Waals surface area contributed by atoms with Crippen molar-refractivity contribution in [3.05, 3.63) is 94.7 Å². The number of fused-ring (bicyclic) bond motifs is 1. The molecule has 0 saturated heterocycles. The van der Waals surface area contributed by atoms with E-state index in [0.717, 1.165) is 27.3 Å². The number of para-hydroxylation sites is 1. The molecule has 0 saturated carbocycles. The molecule has 0 aliphatic carbocycles. The van der Waals surface area contributed by atoms with E-state index in [2.05, 4.69) is 10.3 Å². The molecule has 0 atom stereocenters. The number of rotatable bonds is 5. The Bertz CT molecular complexity index is 1090. The molecule has 2 aromatic carbocycles. The lowest BCUT2D eigenvalue weighted by atomic mass is 10.1. The predicted octanol–water partition coefficient (Wildman–Crippen LogP) is 4.19. The van der Waals surface area contributed by atoms with E-state index in [1.807, 2.05) is 73.7 Å². The van der Waals surface area contributed by atoms with Crippen LogP contribution in [0.1, 0.15) is 16.7 Å². The van der Waals surface area contributed by atoms with Crippen molar-refractivity contribution in [2.24, 2.45) is 0 Å². The molecule has 0 spiro atoms. The summed E-state index contributed by atoms with van der Waals surface area (Å²) in [6.45, 7) is 2.36. The quantitative estimate of drug-likeness (QED) is 0.635. The Labute approximate surface area is 179 Å². The minimum Gasteiger partial charge on any atom is -0.350 e. The van der Waals surface area contributed by atoms with E-state index in [0.29, 0.717) is 11.4 Å². The van der Waals surface area contributed by atoms with Crippen LogP contribution >= 0.6 is 11.8 Å². The minimum atomic E-state index is -0.219. The number of nitrogens with zero attached hydrogens (tertiary/aromatic N) is 2. The number of anilines is 1. The zero-order valence-corrected chi connectivity index (χ0v) is 17.4. The fourth-order valence-electron chi connectivity index (χ4n) is 3.14. The Morgan fingerprint density at radius 3 is 2.67 bits per heavy atom. The molecule has 1 N–H and O–H groups in total. The standard InChI is InChI=1S/C24H21N3O2S/c1-17-8-10-18(11-9-17)13-22-24(29)27(20-6-2-3-7-21(20)30-22)16-23(28)26-15-19-5-4-12-25-14-19/h2-14H,15-16H2,1H3,(H,26,28)/b22-13+. The zero-order chi connectivity index (χ0) is 20.9. The van der Waals surface area contributed by atoms with Gasteiger partial charge in [-0.05, 0) is 42.3 Å². The third kappa shape index (κ3) is 4.60. The lowest BCUT2D eigenvalue weighted by molar-refractivity contribution is -0.122. The molecule has 0 fully saturated rings. The number of carbonyl (C=O) groups is 2. The maximum atomic E-state index is 13.2. The van der Waals surface area contributed by atoms with Gasteiger partial charge in [0.2, 0.25) is 5.91 Å². The van der Waals surface area contributed by atoms with Gasteiger partial charge in [0.1, 0.15) is 6.54 Å². The van der Waals surface area contributed by atoms with Crippen LogP contribution < -0.4 is 10.2 Å². The number of hydrogen-bond acceptors (Lipinski definition) is 4. The van der Waals surface area contributed by atoms with Gasteiger partial charge in [0.05, 0.1) is 10.6 Å². The van der Waals surface area contributed by atoms with Gasteiger partial charge in [-0.25, -0.2) is 0 Å². The highest BCUT2D eigenvalue weighted by molar-refractivity contribution is 8.04. The number of carbonyl (C=O) groups excluding carboxylic acids is 2. The summed E-state index contributed by atoms with van der Waals surface area (Å²) in [5.74, 6) is -0.389. The summed E-state index contributed by atoms with van der Waals surface area (Å²) in [7, 11) is 0. The van der Waals surface area contributed by atoms with Crippen molar-refractivity contribution in [1.29, 1.82) is 0 Å². The zero-order valence-electron chi connectivity index (χ0n) is 16.5. The molecule has 3 aromatic rings. The topological polar surface area (TPSA) is 62.3 Å². The first-order chi connectivity index (χ1) is 14.6. The second-order valence-electron chi connectivity index (χ2n) is 7.02. The highest BCUT2D eigenvalue weighted by Gasteiger charge is 2.30. The predicted molar refractivity (Wildman–Crippen MR) is 120 cm³/mol. The summed E-state index contributed by atoms with van der Waals surface area (Å²) in [4.78, 5) is 33.0. The largest absolute Gasteiger partial charge is 0.350 e. The average molecular weight is 416 g/mol. The molecule has 6 heteroatoms. The molecule has 0 bridgehead atoms. The number of benzene rings is 2. The fraction of sp³-hybridized carbons (Fsp3) is 0.125. The van der Waals surface area contributed by atoms with Crippen LogP contribution in [0.25, 0.3) is 6.08 Å². The van der Waals surface area contributed by atoms with Gasteiger partial charge in [-0.3, -0.25) is 19.5 Å². The van der Waals surface area contributed by atoms with Crippen LogP contribution in [-0.4, -0.2) is 23.3 Å². The molecule has 5 nitrogen and oxygen atoms in total. The van der Waals surface area contributed by atoms with E-state index in [4.69, 9.17) is 0 Å². The third-order valence-corrected chi connectivity index (χ3v) is 5.80. The Morgan fingerprint density at radius 1 is 1.10 bits per heavy atom. The molecular formula is C24H21N3O2S. The number of thioether (sulfide) groups is 1. The van der Waals surface area contributed by atoms with E-state index < -0.39 is 0 Å². The van der Waals surface area contributed by atoms with Gasteiger partial charge < -0.3 is 5.32 Å². The summed E-state index contributed by atoms with van der Waals surface area (Å²) < 4.78 is 0. The molecule has 0 radical (unpaired) electrons. The van der Waals surface area contributed by atoms with Crippen molar-refractivity contribution in [1.82, 2.24) is 10.3 Å². The van der Waals surface area contributed by atoms with Gasteiger partial charge in [0, 0.05) is 23.8 Å². The summed E-state index contributed by atoms with van der Waals surface area (Å²) in [6.07, 6.45) is 5.28. The van der Waals surface area contributed by atoms with Crippen LogP contribution in [-0.2, 0) is 16.1 Å². The Morgan fingerprint density at radius 2 is 1.90 bits per heavy atom. The lowest BCUT2D eigenvalue weighted by Gasteiger charge is -2.29. The van der Waals surface area contributed by atoms with Crippen LogP contribution in [0, 0.1) is 6.92 Å². The van der Waals surface area contributed by atoms with Crippen molar-refractivity contribution < 1.29 is 9.59 Å². The molecule has 2 amide bonds. The van der Waals surface area contributed by atoms with Crippen LogP contribution in [0.3, 0.4) is 0 Å². The second kappa shape index (κ2) is 8.97. The van der Waals surface area contributed by atoms with Crippen LogP contribution in [0.4, 0.5) is 5.69 Å². The van der Waals surface area contributed by atoms with Gasteiger partial charge in [-0.15, -0.1) is 0 Å². The Hall–Kier alpha value is -3.38. The minimum absolute atomic E-state index is 0.0398. The number of amides is 2. The Kier molecular flexibility index (Phi) is 5.95. The molecular weight excluding hydrogens is 394 g/mol. The molecule has 150 valence electrons. The summed E-state index contributed by atoms with van der Waals surface area (Å²) in [5, 5.41) is 2.87. The van der Waals surface area contributed by atoms with Gasteiger partial charge >= 0.3 is 0 Å². The molecule has 4 rings (SSSR count). The number of hydrogen-bond donors (Lipinski definition) is 1. The highest BCUT2D eigenvalue weighted by atomic mass is 32.2. The van der Waals surface area contributed by atoms with E-state index in [9.17, 15) is 9.59 Å². The lowest BCUT2D eigenvalue weighted by Crippen LogP contribution is -2.42. The SMILES string of the molecule is Cc1ccc(/C=C2/Sc3ccccc3N(CC(=O)NCc3cccnc3)C2=O)cc1. The van der Waals surface area contributed by atoms with Crippen molar-refractivity contribution in [2.75, 3.05) is 11.4 Å². The maximum Gasteiger partial charge on any atom is 0.265 e. The van der Waals surface area contributed by atoms with E-state index in [-0.39, 0.29) is 18.4 Å². The average Bonchev–Trinajstić information content (AvgIpc) is 2.77. The highest BCUT2D eigenvalue weighted by Crippen LogP contribution is 2.41. The Balaban J connectivity index is 1.55. The monoisotopic (exact) mass is 415 g/mol. The number of aromatic nitrogens is 1. The van der Waals surface area contributed by atoms with Crippen LogP contribution in [0.2, 0.25) is 0 Å². The summed E-state index contributed by atoms with van der Waals surface area (Å²) in [6, 6.07) is 19.4. The van der Waals surface area contributed by atoms with Crippen LogP contribution in [0.15, 0.2) is 82.9 Å². The summed E-state index contributed by atoms with van der Waals surface area (Å²) in [5.41, 5.74) is 3.78. The third-order valence-electron chi connectivity index (χ3n) is 4.72. The molecule has 30 heavy (non-hydrogen) atoms. The first-order valence-electron chi connectivity index (χ1n) is 9.63. The van der Waals surface area contributed by atoms with Gasteiger partial charge in [0.15, 0.2) is 0 Å².